The molecule has 0 radical (unpaired) electrons. The third-order valence-corrected chi connectivity index (χ3v) is 4.72. The first-order valence-electron chi connectivity index (χ1n) is 6.33. The summed E-state index contributed by atoms with van der Waals surface area (Å²) in [6.07, 6.45) is 0. The Hall–Kier alpha value is -2.05. The molecule has 0 aromatic heterocycles. The Morgan fingerprint density at radius 3 is 2.59 bits per heavy atom. The van der Waals surface area contributed by atoms with Gasteiger partial charge in [0.05, 0.1) is 7.11 Å². The highest BCUT2D eigenvalue weighted by molar-refractivity contribution is 7.92. The molecule has 0 heterocycles. The van der Waals surface area contributed by atoms with Gasteiger partial charge in [0.2, 0.25) is 5.91 Å². The van der Waals surface area contributed by atoms with Gasteiger partial charge in [0.25, 0.3) is 0 Å². The highest BCUT2D eigenvalue weighted by Crippen LogP contribution is 2.24. The average Bonchev–Trinajstić information content (AvgIpc) is 2.46. The Morgan fingerprint density at radius 1 is 1.18 bits per heavy atom. The maximum absolute atomic E-state index is 12.3. The lowest BCUT2D eigenvalue weighted by Crippen LogP contribution is -2.23. The first-order valence-corrected chi connectivity index (χ1v) is 8.36. The molecule has 7 heteroatoms. The molecule has 0 bridgehead atoms. The maximum atomic E-state index is 12.3. The predicted molar refractivity (Wildman–Crippen MR) is 85.1 cm³/mol. The molecule has 1 amide bonds. The van der Waals surface area contributed by atoms with Gasteiger partial charge < -0.3 is 10.1 Å². The summed E-state index contributed by atoms with van der Waals surface area (Å²) in [5.41, 5.74) is 0.438. The fourth-order valence-corrected chi connectivity index (χ4v) is 3.40. The smallest absolute Gasteiger partial charge is 0.239 e. The van der Waals surface area contributed by atoms with Gasteiger partial charge in [-0.05, 0) is 30.3 Å². The minimum atomic E-state index is -3.80. The van der Waals surface area contributed by atoms with Crippen LogP contribution in [0.3, 0.4) is 0 Å². The van der Waals surface area contributed by atoms with Crippen molar-refractivity contribution in [1.29, 1.82) is 0 Å². The second-order valence-electron chi connectivity index (χ2n) is 4.47. The van der Waals surface area contributed by atoms with E-state index in [4.69, 9.17) is 16.3 Å². The van der Waals surface area contributed by atoms with Crippen molar-refractivity contribution in [2.24, 2.45) is 0 Å². The summed E-state index contributed by atoms with van der Waals surface area (Å²) >= 11 is 5.81. The molecule has 22 heavy (non-hydrogen) atoms. The third kappa shape index (κ3) is 3.99. The molecule has 2 rings (SSSR count). The number of anilines is 1. The number of halogens is 1. The van der Waals surface area contributed by atoms with Crippen LogP contribution in [0.2, 0.25) is 5.02 Å². The van der Waals surface area contributed by atoms with Gasteiger partial charge in [0.1, 0.15) is 16.4 Å². The van der Waals surface area contributed by atoms with E-state index < -0.39 is 21.5 Å². The number of carbonyl (C=O) groups is 1. The SMILES string of the molecule is COc1ccccc1S(=O)(=O)CC(=O)Nc1cccc(Cl)c1. The number of amides is 1. The van der Waals surface area contributed by atoms with E-state index >= 15 is 0 Å². The van der Waals surface area contributed by atoms with Crippen molar-refractivity contribution in [3.8, 4) is 5.75 Å². The number of para-hydroxylation sites is 1. The lowest BCUT2D eigenvalue weighted by molar-refractivity contribution is -0.113. The summed E-state index contributed by atoms with van der Waals surface area (Å²) in [7, 11) is -2.43. The van der Waals surface area contributed by atoms with Crippen molar-refractivity contribution in [2.45, 2.75) is 4.90 Å². The van der Waals surface area contributed by atoms with Crippen LogP contribution in [0, 0.1) is 0 Å². The number of methoxy groups -OCH3 is 1. The number of ether oxygens (including phenoxy) is 1. The van der Waals surface area contributed by atoms with E-state index in [2.05, 4.69) is 5.32 Å². The number of benzene rings is 2. The average molecular weight is 340 g/mol. The molecule has 0 unspecified atom stereocenters. The molecule has 0 atom stereocenters. The third-order valence-electron chi connectivity index (χ3n) is 2.83. The minimum absolute atomic E-state index is 0.0151. The second kappa shape index (κ2) is 6.81. The second-order valence-corrected chi connectivity index (χ2v) is 6.86. The van der Waals surface area contributed by atoms with Gasteiger partial charge in [-0.3, -0.25) is 4.79 Å². The predicted octanol–water partition coefficient (Wildman–Crippen LogP) is 2.76. The van der Waals surface area contributed by atoms with Crippen molar-refractivity contribution in [2.75, 3.05) is 18.2 Å². The zero-order valence-corrected chi connectivity index (χ0v) is 13.3. The molecule has 2 aromatic rings. The van der Waals surface area contributed by atoms with Crippen LogP contribution in [0.4, 0.5) is 5.69 Å². The van der Waals surface area contributed by atoms with E-state index in [9.17, 15) is 13.2 Å². The normalized spacial score (nSPS) is 11.0. The van der Waals surface area contributed by atoms with E-state index in [0.717, 1.165) is 0 Å². The first-order chi connectivity index (χ1) is 10.4. The van der Waals surface area contributed by atoms with Crippen LogP contribution in [-0.4, -0.2) is 27.2 Å². The van der Waals surface area contributed by atoms with Crippen LogP contribution >= 0.6 is 11.6 Å². The van der Waals surface area contributed by atoms with E-state index in [-0.39, 0.29) is 10.6 Å². The number of hydrogen-bond acceptors (Lipinski definition) is 4. The molecule has 0 fully saturated rings. The lowest BCUT2D eigenvalue weighted by Gasteiger charge is -2.09. The zero-order valence-electron chi connectivity index (χ0n) is 11.7. The molecular formula is C15H14ClNO4S. The number of carbonyl (C=O) groups excluding carboxylic acids is 1. The van der Waals surface area contributed by atoms with Gasteiger partial charge in [-0.15, -0.1) is 0 Å². The molecule has 0 spiro atoms. The molecular weight excluding hydrogens is 326 g/mol. The van der Waals surface area contributed by atoms with Crippen LogP contribution in [0.1, 0.15) is 0 Å². The number of hydrogen-bond donors (Lipinski definition) is 1. The number of nitrogens with one attached hydrogen (secondary N) is 1. The highest BCUT2D eigenvalue weighted by atomic mass is 35.5. The molecule has 0 saturated heterocycles. The molecule has 116 valence electrons. The fraction of sp³-hybridized carbons (Fsp3) is 0.133. The van der Waals surface area contributed by atoms with E-state index in [1.165, 1.54) is 25.3 Å². The van der Waals surface area contributed by atoms with Crippen LogP contribution in [-0.2, 0) is 14.6 Å². The van der Waals surface area contributed by atoms with E-state index in [1.54, 1.807) is 30.3 Å². The highest BCUT2D eigenvalue weighted by Gasteiger charge is 2.23. The Bertz CT molecular complexity index is 790. The Morgan fingerprint density at radius 2 is 1.91 bits per heavy atom. The van der Waals surface area contributed by atoms with Gasteiger partial charge in [-0.25, -0.2) is 8.42 Å². The Kier molecular flexibility index (Phi) is 5.05. The quantitative estimate of drug-likeness (QED) is 0.909. The molecule has 5 nitrogen and oxygen atoms in total. The monoisotopic (exact) mass is 339 g/mol. The number of rotatable bonds is 5. The molecule has 1 N–H and O–H groups in total. The first kappa shape index (κ1) is 16.3. The topological polar surface area (TPSA) is 72.5 Å². The molecule has 0 aliphatic heterocycles. The van der Waals surface area contributed by atoms with E-state index in [1.807, 2.05) is 0 Å². The molecule has 0 saturated carbocycles. The Labute approximate surface area is 133 Å². The van der Waals surface area contributed by atoms with Crippen molar-refractivity contribution >= 4 is 33.0 Å². The standard InChI is InChI=1S/C15H14ClNO4S/c1-21-13-7-2-3-8-14(13)22(19,20)10-15(18)17-12-6-4-5-11(16)9-12/h2-9H,10H2,1H3,(H,17,18). The van der Waals surface area contributed by atoms with Gasteiger partial charge in [0, 0.05) is 10.7 Å². The van der Waals surface area contributed by atoms with Crippen LogP contribution in [0.5, 0.6) is 5.75 Å². The molecule has 0 aliphatic carbocycles. The van der Waals surface area contributed by atoms with Crippen molar-refractivity contribution in [3.05, 3.63) is 53.6 Å². The van der Waals surface area contributed by atoms with E-state index in [0.29, 0.717) is 10.7 Å². The van der Waals surface area contributed by atoms with Gasteiger partial charge in [-0.1, -0.05) is 29.8 Å². The summed E-state index contributed by atoms with van der Waals surface area (Å²) in [6.45, 7) is 0. The van der Waals surface area contributed by atoms with Gasteiger partial charge >= 0.3 is 0 Å². The van der Waals surface area contributed by atoms with Crippen LogP contribution in [0.15, 0.2) is 53.4 Å². The van der Waals surface area contributed by atoms with Crippen molar-refractivity contribution in [3.63, 3.8) is 0 Å². The van der Waals surface area contributed by atoms with Crippen LogP contribution in [0.25, 0.3) is 0 Å². The summed E-state index contributed by atoms with van der Waals surface area (Å²) in [6, 6.07) is 12.6. The maximum Gasteiger partial charge on any atom is 0.239 e. The molecule has 0 aliphatic rings. The largest absolute Gasteiger partial charge is 0.495 e. The number of sulfone groups is 1. The summed E-state index contributed by atoms with van der Waals surface area (Å²) in [4.78, 5) is 11.9. The van der Waals surface area contributed by atoms with Crippen molar-refractivity contribution < 1.29 is 17.9 Å². The summed E-state index contributed by atoms with van der Waals surface area (Å²) in [5, 5.41) is 2.95. The zero-order chi connectivity index (χ0) is 16.2. The minimum Gasteiger partial charge on any atom is -0.495 e. The van der Waals surface area contributed by atoms with Crippen molar-refractivity contribution in [1.82, 2.24) is 0 Å². The summed E-state index contributed by atoms with van der Waals surface area (Å²) in [5.74, 6) is -1.12. The lowest BCUT2D eigenvalue weighted by atomic mass is 10.3. The fourth-order valence-electron chi connectivity index (χ4n) is 1.89. The molecule has 2 aromatic carbocycles. The van der Waals surface area contributed by atoms with Crippen LogP contribution < -0.4 is 10.1 Å². The van der Waals surface area contributed by atoms with Gasteiger partial charge in [-0.2, -0.15) is 0 Å². The summed E-state index contributed by atoms with van der Waals surface area (Å²) < 4.78 is 29.6. The van der Waals surface area contributed by atoms with Gasteiger partial charge in [0.15, 0.2) is 9.84 Å². The Balaban J connectivity index is 2.16.